The van der Waals surface area contributed by atoms with Crippen molar-refractivity contribution in [2.45, 2.75) is 20.8 Å². The van der Waals surface area contributed by atoms with Crippen LogP contribution >= 0.6 is 11.3 Å². The van der Waals surface area contributed by atoms with E-state index in [4.69, 9.17) is 0 Å². The van der Waals surface area contributed by atoms with Gasteiger partial charge in [0.05, 0.1) is 6.54 Å². The van der Waals surface area contributed by atoms with Crippen LogP contribution in [0.3, 0.4) is 0 Å². The third-order valence-corrected chi connectivity index (χ3v) is 5.00. The lowest BCUT2D eigenvalue weighted by atomic mass is 10.1. The number of carbonyl (C=O) groups excluding carboxylic acids is 2. The van der Waals surface area contributed by atoms with E-state index in [-0.39, 0.29) is 18.4 Å². The molecule has 0 fully saturated rings. The molecule has 0 radical (unpaired) electrons. The molecule has 0 atom stereocenters. The summed E-state index contributed by atoms with van der Waals surface area (Å²) in [4.78, 5) is 28.9. The molecule has 3 aromatic rings. The molecule has 0 aliphatic rings. The number of anilines is 1. The number of carbonyl (C=O) groups is 2. The summed E-state index contributed by atoms with van der Waals surface area (Å²) in [6.45, 7) is 5.82. The molecule has 1 aromatic heterocycles. The Hall–Kier alpha value is -2.99. The average Bonchev–Trinajstić information content (AvgIpc) is 3.14. The normalized spacial score (nSPS) is 10.5. The van der Waals surface area contributed by atoms with Crippen molar-refractivity contribution in [3.8, 4) is 10.6 Å². The second-order valence-electron chi connectivity index (χ2n) is 6.41. The maximum Gasteiger partial charge on any atom is 0.271 e. The van der Waals surface area contributed by atoms with Gasteiger partial charge in [-0.2, -0.15) is 0 Å². The number of aromatic nitrogens is 1. The molecule has 6 heteroatoms. The van der Waals surface area contributed by atoms with E-state index in [0.29, 0.717) is 5.69 Å². The van der Waals surface area contributed by atoms with Crippen molar-refractivity contribution in [2.75, 3.05) is 11.9 Å². The quantitative estimate of drug-likeness (QED) is 0.701. The van der Waals surface area contributed by atoms with Crippen molar-refractivity contribution in [3.63, 3.8) is 0 Å². The summed E-state index contributed by atoms with van der Waals surface area (Å²) in [5.74, 6) is -0.627. The fraction of sp³-hybridized carbons (Fsp3) is 0.190. The first-order valence-electron chi connectivity index (χ1n) is 8.61. The molecule has 0 saturated carbocycles. The first-order chi connectivity index (χ1) is 12.9. The highest BCUT2D eigenvalue weighted by Gasteiger charge is 2.14. The van der Waals surface area contributed by atoms with Gasteiger partial charge in [0.15, 0.2) is 0 Å². The van der Waals surface area contributed by atoms with Crippen LogP contribution in [0.5, 0.6) is 0 Å². The third kappa shape index (κ3) is 4.60. The lowest BCUT2D eigenvalue weighted by Crippen LogP contribution is -2.33. The van der Waals surface area contributed by atoms with Crippen LogP contribution in [0.1, 0.15) is 27.2 Å². The topological polar surface area (TPSA) is 71.1 Å². The van der Waals surface area contributed by atoms with E-state index in [2.05, 4.69) is 15.6 Å². The van der Waals surface area contributed by atoms with Gasteiger partial charge in [-0.25, -0.2) is 4.98 Å². The predicted molar refractivity (Wildman–Crippen MR) is 109 cm³/mol. The predicted octanol–water partition coefficient (Wildman–Crippen LogP) is 4.10. The van der Waals surface area contributed by atoms with Gasteiger partial charge in [0.2, 0.25) is 5.91 Å². The minimum atomic E-state index is -0.360. The lowest BCUT2D eigenvalue weighted by Gasteiger charge is -2.13. The van der Waals surface area contributed by atoms with Crippen LogP contribution < -0.4 is 10.6 Å². The molecule has 0 saturated heterocycles. The van der Waals surface area contributed by atoms with Gasteiger partial charge in [0.25, 0.3) is 5.91 Å². The Morgan fingerprint density at radius 3 is 2.37 bits per heavy atom. The molecule has 0 spiro atoms. The molecule has 2 N–H and O–H groups in total. The minimum absolute atomic E-state index is 0.107. The lowest BCUT2D eigenvalue weighted by molar-refractivity contribution is -0.115. The van der Waals surface area contributed by atoms with Crippen molar-refractivity contribution in [3.05, 3.63) is 70.2 Å². The van der Waals surface area contributed by atoms with E-state index in [9.17, 15) is 9.59 Å². The van der Waals surface area contributed by atoms with E-state index >= 15 is 0 Å². The Bertz CT molecular complexity index is 957. The molecule has 2 aromatic carbocycles. The fourth-order valence-electron chi connectivity index (χ4n) is 2.90. The van der Waals surface area contributed by atoms with Crippen LogP contribution in [0, 0.1) is 20.8 Å². The summed E-state index contributed by atoms with van der Waals surface area (Å²) in [6, 6.07) is 13.7. The zero-order valence-corrected chi connectivity index (χ0v) is 16.3. The van der Waals surface area contributed by atoms with Gasteiger partial charge in [-0.1, -0.05) is 48.0 Å². The Morgan fingerprint density at radius 1 is 1.04 bits per heavy atom. The van der Waals surface area contributed by atoms with Crippen molar-refractivity contribution >= 4 is 28.8 Å². The maximum atomic E-state index is 12.3. The molecule has 1 heterocycles. The number of benzene rings is 2. The maximum absolute atomic E-state index is 12.3. The second kappa shape index (κ2) is 8.14. The summed E-state index contributed by atoms with van der Waals surface area (Å²) >= 11 is 1.40. The smallest absolute Gasteiger partial charge is 0.271 e. The molecule has 0 aliphatic carbocycles. The number of nitrogens with zero attached hydrogens (tertiary/aromatic N) is 1. The van der Waals surface area contributed by atoms with Crippen molar-refractivity contribution in [1.82, 2.24) is 10.3 Å². The molecule has 0 bridgehead atoms. The van der Waals surface area contributed by atoms with Gasteiger partial charge in [-0.15, -0.1) is 11.3 Å². The first-order valence-corrected chi connectivity index (χ1v) is 9.49. The second-order valence-corrected chi connectivity index (χ2v) is 7.27. The molecule has 27 heavy (non-hydrogen) atoms. The van der Waals surface area contributed by atoms with Gasteiger partial charge in [-0.3, -0.25) is 9.59 Å². The van der Waals surface area contributed by atoms with E-state index < -0.39 is 0 Å². The summed E-state index contributed by atoms with van der Waals surface area (Å²) in [5.41, 5.74) is 5.21. The number of amides is 2. The molecule has 0 aliphatic heterocycles. The van der Waals surface area contributed by atoms with Gasteiger partial charge in [0, 0.05) is 16.6 Å². The minimum Gasteiger partial charge on any atom is -0.342 e. The highest BCUT2D eigenvalue weighted by Crippen LogP contribution is 2.23. The van der Waals surface area contributed by atoms with Crippen molar-refractivity contribution < 1.29 is 9.59 Å². The van der Waals surface area contributed by atoms with E-state index in [1.165, 1.54) is 11.3 Å². The third-order valence-electron chi connectivity index (χ3n) is 4.11. The Labute approximate surface area is 162 Å². The number of hydrogen-bond donors (Lipinski definition) is 2. The Balaban J connectivity index is 1.60. The number of thiazole rings is 1. The van der Waals surface area contributed by atoms with Crippen LogP contribution in [-0.4, -0.2) is 23.3 Å². The van der Waals surface area contributed by atoms with Gasteiger partial charge < -0.3 is 10.6 Å². The number of hydrogen-bond acceptors (Lipinski definition) is 4. The standard InChI is InChI=1S/C21H21N3O2S/c1-13-9-14(2)19(15(3)10-13)24-18(25)11-22-20(26)17-12-27-21(23-17)16-7-5-4-6-8-16/h4-10,12H,11H2,1-3H3,(H,22,26)(H,24,25). The fourth-order valence-corrected chi connectivity index (χ4v) is 3.71. The molecular weight excluding hydrogens is 358 g/mol. The SMILES string of the molecule is Cc1cc(C)c(NC(=O)CNC(=O)c2csc(-c3ccccc3)n2)c(C)c1. The largest absolute Gasteiger partial charge is 0.342 e. The van der Waals surface area contributed by atoms with Gasteiger partial charge in [-0.05, 0) is 31.9 Å². The highest BCUT2D eigenvalue weighted by atomic mass is 32.1. The van der Waals surface area contributed by atoms with Crippen LogP contribution in [0.15, 0.2) is 47.8 Å². The van der Waals surface area contributed by atoms with Crippen LogP contribution in [-0.2, 0) is 4.79 Å². The van der Waals surface area contributed by atoms with Crippen molar-refractivity contribution in [1.29, 1.82) is 0 Å². The van der Waals surface area contributed by atoms with Crippen molar-refractivity contribution in [2.24, 2.45) is 0 Å². The summed E-state index contributed by atoms with van der Waals surface area (Å²) < 4.78 is 0. The summed E-state index contributed by atoms with van der Waals surface area (Å²) in [6.07, 6.45) is 0. The average molecular weight is 379 g/mol. The van der Waals surface area contributed by atoms with Gasteiger partial charge >= 0.3 is 0 Å². The molecule has 0 unspecified atom stereocenters. The van der Waals surface area contributed by atoms with E-state index in [1.807, 2.05) is 63.2 Å². The Morgan fingerprint density at radius 2 is 1.70 bits per heavy atom. The first kappa shape index (κ1) is 18.8. The molecule has 2 amide bonds. The molecule has 138 valence electrons. The summed E-state index contributed by atoms with van der Waals surface area (Å²) in [7, 11) is 0. The van der Waals surface area contributed by atoms with Crippen LogP contribution in [0.4, 0.5) is 5.69 Å². The monoisotopic (exact) mass is 379 g/mol. The number of nitrogens with one attached hydrogen (secondary N) is 2. The zero-order chi connectivity index (χ0) is 19.4. The zero-order valence-electron chi connectivity index (χ0n) is 15.5. The van der Waals surface area contributed by atoms with E-state index in [1.54, 1.807) is 5.38 Å². The molecular formula is C21H21N3O2S. The Kier molecular flexibility index (Phi) is 5.66. The molecule has 3 rings (SSSR count). The molecule has 5 nitrogen and oxygen atoms in total. The highest BCUT2D eigenvalue weighted by molar-refractivity contribution is 7.13. The van der Waals surface area contributed by atoms with E-state index in [0.717, 1.165) is 32.9 Å². The van der Waals surface area contributed by atoms with Gasteiger partial charge in [0.1, 0.15) is 10.7 Å². The summed E-state index contributed by atoms with van der Waals surface area (Å²) in [5, 5.41) is 7.97. The van der Waals surface area contributed by atoms with Crippen LogP contribution in [0.2, 0.25) is 0 Å². The number of rotatable bonds is 5. The van der Waals surface area contributed by atoms with Crippen LogP contribution in [0.25, 0.3) is 10.6 Å². The number of aryl methyl sites for hydroxylation is 3.